The van der Waals surface area contributed by atoms with E-state index < -0.39 is 0 Å². The van der Waals surface area contributed by atoms with Crippen LogP contribution in [-0.4, -0.2) is 22.1 Å². The van der Waals surface area contributed by atoms with Crippen LogP contribution in [-0.2, 0) is 6.54 Å². The second kappa shape index (κ2) is 7.97. The molecule has 0 amide bonds. The van der Waals surface area contributed by atoms with Crippen molar-refractivity contribution in [2.45, 2.75) is 6.54 Å². The number of methoxy groups -OCH3 is 1. The van der Waals surface area contributed by atoms with Crippen LogP contribution in [0.2, 0.25) is 0 Å². The van der Waals surface area contributed by atoms with Crippen molar-refractivity contribution in [3.8, 4) is 27.4 Å². The van der Waals surface area contributed by atoms with E-state index in [0.29, 0.717) is 12.5 Å². The third-order valence-corrected chi connectivity index (χ3v) is 5.00. The maximum atomic E-state index is 5.28. The molecule has 4 rings (SSSR count). The number of hydrogen-bond acceptors (Lipinski definition) is 6. The Bertz CT molecular complexity index is 1020. The Labute approximate surface area is 161 Å². The molecule has 0 saturated carbocycles. The summed E-state index contributed by atoms with van der Waals surface area (Å²) in [5.41, 5.74) is 4.06. The first-order valence-corrected chi connectivity index (χ1v) is 9.39. The zero-order valence-electron chi connectivity index (χ0n) is 14.8. The Hall–Kier alpha value is -3.25. The molecular formula is C21H18N4OS. The van der Waals surface area contributed by atoms with Gasteiger partial charge in [-0.2, -0.15) is 0 Å². The number of ether oxygens (including phenoxy) is 1. The standard InChI is InChI=1S/C21H18N4OS/c1-26-17-5-2-4-15(12-17)13-23-21-24-14-18(16-7-9-22-10-8-16)20(25-21)19-6-3-11-27-19/h2-12,14H,13H2,1H3,(H,23,24,25). The second-order valence-corrected chi connectivity index (χ2v) is 6.82. The lowest BCUT2D eigenvalue weighted by Gasteiger charge is -2.11. The summed E-state index contributed by atoms with van der Waals surface area (Å²) in [6.07, 6.45) is 5.43. The molecule has 0 aliphatic heterocycles. The van der Waals surface area contributed by atoms with Crippen molar-refractivity contribution in [2.24, 2.45) is 0 Å². The Kier molecular flexibility index (Phi) is 5.07. The molecule has 0 spiro atoms. The van der Waals surface area contributed by atoms with E-state index in [1.807, 2.05) is 48.7 Å². The van der Waals surface area contributed by atoms with E-state index in [1.54, 1.807) is 30.8 Å². The Balaban J connectivity index is 1.64. The van der Waals surface area contributed by atoms with Crippen molar-refractivity contribution in [1.29, 1.82) is 0 Å². The molecule has 6 heteroatoms. The van der Waals surface area contributed by atoms with E-state index in [-0.39, 0.29) is 0 Å². The van der Waals surface area contributed by atoms with Gasteiger partial charge in [0, 0.05) is 30.7 Å². The van der Waals surface area contributed by atoms with Gasteiger partial charge in [-0.1, -0.05) is 18.2 Å². The molecule has 3 aromatic heterocycles. The summed E-state index contributed by atoms with van der Waals surface area (Å²) in [5.74, 6) is 1.43. The van der Waals surface area contributed by atoms with Crippen LogP contribution in [0.15, 0.2) is 72.5 Å². The van der Waals surface area contributed by atoms with Gasteiger partial charge in [0.05, 0.1) is 17.7 Å². The maximum Gasteiger partial charge on any atom is 0.223 e. The molecule has 1 N–H and O–H groups in total. The maximum absolute atomic E-state index is 5.28. The van der Waals surface area contributed by atoms with Crippen LogP contribution in [0.25, 0.3) is 21.7 Å². The van der Waals surface area contributed by atoms with Gasteiger partial charge >= 0.3 is 0 Å². The van der Waals surface area contributed by atoms with Gasteiger partial charge in [0.15, 0.2) is 0 Å². The zero-order valence-corrected chi connectivity index (χ0v) is 15.6. The molecule has 0 aliphatic carbocycles. The molecule has 0 aliphatic rings. The minimum Gasteiger partial charge on any atom is -0.497 e. The summed E-state index contributed by atoms with van der Waals surface area (Å²) < 4.78 is 5.28. The van der Waals surface area contributed by atoms with E-state index in [9.17, 15) is 0 Å². The normalized spacial score (nSPS) is 10.6. The smallest absolute Gasteiger partial charge is 0.223 e. The molecule has 5 nitrogen and oxygen atoms in total. The van der Waals surface area contributed by atoms with Gasteiger partial charge in [-0.25, -0.2) is 9.97 Å². The fourth-order valence-electron chi connectivity index (χ4n) is 2.77. The van der Waals surface area contributed by atoms with Crippen LogP contribution in [0.3, 0.4) is 0 Å². The van der Waals surface area contributed by atoms with Gasteiger partial charge in [-0.3, -0.25) is 4.98 Å². The van der Waals surface area contributed by atoms with Crippen molar-refractivity contribution >= 4 is 17.3 Å². The number of nitrogens with zero attached hydrogens (tertiary/aromatic N) is 3. The highest BCUT2D eigenvalue weighted by Crippen LogP contribution is 2.33. The van der Waals surface area contributed by atoms with Crippen LogP contribution in [0.5, 0.6) is 5.75 Å². The molecule has 27 heavy (non-hydrogen) atoms. The van der Waals surface area contributed by atoms with Crippen molar-refractivity contribution in [2.75, 3.05) is 12.4 Å². The Morgan fingerprint density at radius 1 is 1.07 bits per heavy atom. The summed E-state index contributed by atoms with van der Waals surface area (Å²) in [5, 5.41) is 5.36. The zero-order chi connectivity index (χ0) is 18.5. The molecule has 4 aromatic rings. The minimum atomic E-state index is 0.596. The van der Waals surface area contributed by atoms with E-state index in [2.05, 4.69) is 26.7 Å². The average Bonchev–Trinajstić information content (AvgIpc) is 3.28. The Morgan fingerprint density at radius 2 is 1.96 bits per heavy atom. The monoisotopic (exact) mass is 374 g/mol. The van der Waals surface area contributed by atoms with Gasteiger partial charge in [0.2, 0.25) is 5.95 Å². The third kappa shape index (κ3) is 3.96. The lowest BCUT2D eigenvalue weighted by Crippen LogP contribution is -2.05. The van der Waals surface area contributed by atoms with Crippen LogP contribution in [0.1, 0.15) is 5.56 Å². The fraction of sp³-hybridized carbons (Fsp3) is 0.0952. The molecule has 1 aromatic carbocycles. The summed E-state index contributed by atoms with van der Waals surface area (Å²) in [6, 6.07) is 16.0. The number of nitrogens with one attached hydrogen (secondary N) is 1. The third-order valence-electron chi connectivity index (χ3n) is 4.12. The molecule has 0 radical (unpaired) electrons. The van der Waals surface area contributed by atoms with Gasteiger partial charge in [-0.15, -0.1) is 11.3 Å². The van der Waals surface area contributed by atoms with E-state index in [0.717, 1.165) is 33.0 Å². The number of pyridine rings is 1. The van der Waals surface area contributed by atoms with Gasteiger partial charge in [0.1, 0.15) is 5.75 Å². The highest BCUT2D eigenvalue weighted by atomic mass is 32.1. The van der Waals surface area contributed by atoms with Crippen molar-refractivity contribution < 1.29 is 4.74 Å². The van der Waals surface area contributed by atoms with Crippen LogP contribution < -0.4 is 10.1 Å². The molecule has 3 heterocycles. The van der Waals surface area contributed by atoms with Gasteiger partial charge < -0.3 is 10.1 Å². The van der Waals surface area contributed by atoms with E-state index >= 15 is 0 Å². The molecular weight excluding hydrogens is 356 g/mol. The highest BCUT2D eigenvalue weighted by molar-refractivity contribution is 7.13. The van der Waals surface area contributed by atoms with E-state index in [1.165, 1.54) is 0 Å². The predicted molar refractivity (Wildman–Crippen MR) is 109 cm³/mol. The summed E-state index contributed by atoms with van der Waals surface area (Å²) in [7, 11) is 1.67. The lowest BCUT2D eigenvalue weighted by molar-refractivity contribution is 0.414. The molecule has 134 valence electrons. The molecule has 0 unspecified atom stereocenters. The van der Waals surface area contributed by atoms with Crippen molar-refractivity contribution in [3.05, 3.63) is 78.1 Å². The average molecular weight is 374 g/mol. The summed E-state index contributed by atoms with van der Waals surface area (Å²) >= 11 is 1.66. The first-order valence-electron chi connectivity index (χ1n) is 8.51. The van der Waals surface area contributed by atoms with E-state index in [4.69, 9.17) is 9.72 Å². The Morgan fingerprint density at radius 3 is 2.74 bits per heavy atom. The highest BCUT2D eigenvalue weighted by Gasteiger charge is 2.12. The largest absolute Gasteiger partial charge is 0.497 e. The molecule has 0 saturated heterocycles. The van der Waals surface area contributed by atoms with Crippen LogP contribution >= 0.6 is 11.3 Å². The number of hydrogen-bond donors (Lipinski definition) is 1. The summed E-state index contributed by atoms with van der Waals surface area (Å²) in [6.45, 7) is 0.621. The summed E-state index contributed by atoms with van der Waals surface area (Å²) in [4.78, 5) is 14.5. The predicted octanol–water partition coefficient (Wildman–Crippen LogP) is 4.89. The van der Waals surface area contributed by atoms with Gasteiger partial charge in [0.25, 0.3) is 0 Å². The number of aromatic nitrogens is 3. The van der Waals surface area contributed by atoms with Gasteiger partial charge in [-0.05, 0) is 46.8 Å². The SMILES string of the molecule is COc1cccc(CNc2ncc(-c3ccncc3)c(-c3cccs3)n2)c1. The minimum absolute atomic E-state index is 0.596. The van der Waals surface area contributed by atoms with Crippen LogP contribution in [0, 0.1) is 0 Å². The van der Waals surface area contributed by atoms with Crippen LogP contribution in [0.4, 0.5) is 5.95 Å². The first-order chi connectivity index (χ1) is 13.3. The molecule has 0 bridgehead atoms. The number of anilines is 1. The van der Waals surface area contributed by atoms with Crippen molar-refractivity contribution in [1.82, 2.24) is 15.0 Å². The second-order valence-electron chi connectivity index (χ2n) is 5.87. The number of benzene rings is 1. The van der Waals surface area contributed by atoms with Crippen molar-refractivity contribution in [3.63, 3.8) is 0 Å². The molecule has 0 fully saturated rings. The first kappa shape index (κ1) is 17.2. The number of rotatable bonds is 6. The lowest BCUT2D eigenvalue weighted by atomic mass is 10.1. The quantitative estimate of drug-likeness (QED) is 0.521. The molecule has 0 atom stereocenters. The topological polar surface area (TPSA) is 59.9 Å². The fourth-order valence-corrected chi connectivity index (χ4v) is 3.50. The number of thiophene rings is 1.